The molecule has 1 unspecified atom stereocenters. The number of aryl methyl sites for hydroxylation is 2. The highest BCUT2D eigenvalue weighted by molar-refractivity contribution is 7.98. The second kappa shape index (κ2) is 8.60. The first-order valence-electron chi connectivity index (χ1n) is 6.94. The van der Waals surface area contributed by atoms with Crippen molar-refractivity contribution in [3.05, 3.63) is 34.9 Å². The number of benzene rings is 1. The predicted octanol–water partition coefficient (Wildman–Crippen LogP) is 4.49. The molecule has 1 N–H and O–H groups in total. The van der Waals surface area contributed by atoms with Gasteiger partial charge in [0.2, 0.25) is 0 Å². The molecule has 1 aromatic rings. The first-order chi connectivity index (χ1) is 8.65. The molecular formula is C16H27NS. The van der Waals surface area contributed by atoms with Gasteiger partial charge in [0.1, 0.15) is 0 Å². The van der Waals surface area contributed by atoms with Gasteiger partial charge in [-0.2, -0.15) is 11.8 Å². The Labute approximate surface area is 117 Å². The van der Waals surface area contributed by atoms with Crippen LogP contribution in [0.1, 0.15) is 48.9 Å². The monoisotopic (exact) mass is 265 g/mol. The summed E-state index contributed by atoms with van der Waals surface area (Å²) in [6.45, 7) is 7.76. The maximum Gasteiger partial charge on any atom is 0.0294 e. The first kappa shape index (κ1) is 15.6. The predicted molar refractivity (Wildman–Crippen MR) is 84.6 cm³/mol. The standard InChI is InChI=1S/C16H27NS/c1-13-8-9-14(2)16(12-13)15(3)17-10-6-5-7-11-18-4/h8-9,12,15,17H,5-7,10-11H2,1-4H3. The van der Waals surface area contributed by atoms with Crippen molar-refractivity contribution < 1.29 is 0 Å². The molecule has 1 rings (SSSR count). The number of hydrogen-bond donors (Lipinski definition) is 1. The fourth-order valence-corrected chi connectivity index (χ4v) is 2.70. The van der Waals surface area contributed by atoms with Crippen molar-refractivity contribution in [1.29, 1.82) is 0 Å². The van der Waals surface area contributed by atoms with Gasteiger partial charge in [-0.3, -0.25) is 0 Å². The van der Waals surface area contributed by atoms with Crippen molar-refractivity contribution in [2.45, 2.75) is 46.1 Å². The molecule has 0 amide bonds. The van der Waals surface area contributed by atoms with E-state index in [-0.39, 0.29) is 0 Å². The van der Waals surface area contributed by atoms with E-state index in [4.69, 9.17) is 0 Å². The topological polar surface area (TPSA) is 12.0 Å². The van der Waals surface area contributed by atoms with Crippen molar-refractivity contribution in [3.8, 4) is 0 Å². The van der Waals surface area contributed by atoms with Gasteiger partial charge >= 0.3 is 0 Å². The average molecular weight is 265 g/mol. The Bertz CT molecular complexity index is 349. The summed E-state index contributed by atoms with van der Waals surface area (Å²) in [6, 6.07) is 7.18. The molecule has 0 saturated heterocycles. The van der Waals surface area contributed by atoms with Crippen LogP contribution >= 0.6 is 11.8 Å². The normalized spacial score (nSPS) is 12.7. The molecule has 0 heterocycles. The molecule has 0 saturated carbocycles. The molecule has 1 nitrogen and oxygen atoms in total. The molecule has 102 valence electrons. The third kappa shape index (κ3) is 5.45. The van der Waals surface area contributed by atoms with Crippen LogP contribution in [0.3, 0.4) is 0 Å². The van der Waals surface area contributed by atoms with E-state index >= 15 is 0 Å². The highest BCUT2D eigenvalue weighted by Gasteiger charge is 2.07. The fraction of sp³-hybridized carbons (Fsp3) is 0.625. The SMILES string of the molecule is CSCCCCCNC(C)c1cc(C)ccc1C. The van der Waals surface area contributed by atoms with E-state index in [1.165, 1.54) is 41.7 Å². The minimum atomic E-state index is 0.463. The summed E-state index contributed by atoms with van der Waals surface area (Å²) < 4.78 is 0. The van der Waals surface area contributed by atoms with E-state index in [2.05, 4.69) is 50.5 Å². The van der Waals surface area contributed by atoms with Crippen LogP contribution in [0.4, 0.5) is 0 Å². The maximum absolute atomic E-state index is 3.64. The highest BCUT2D eigenvalue weighted by atomic mass is 32.2. The largest absolute Gasteiger partial charge is 0.310 e. The molecule has 0 aliphatic heterocycles. The lowest BCUT2D eigenvalue weighted by molar-refractivity contribution is 0.543. The highest BCUT2D eigenvalue weighted by Crippen LogP contribution is 2.18. The van der Waals surface area contributed by atoms with Crippen LogP contribution in [-0.4, -0.2) is 18.6 Å². The van der Waals surface area contributed by atoms with E-state index in [0.717, 1.165) is 6.54 Å². The molecule has 0 spiro atoms. The molecule has 0 bridgehead atoms. The Morgan fingerprint density at radius 3 is 2.67 bits per heavy atom. The molecule has 2 heteroatoms. The van der Waals surface area contributed by atoms with E-state index in [1.54, 1.807) is 0 Å². The van der Waals surface area contributed by atoms with Crippen molar-refractivity contribution in [1.82, 2.24) is 5.32 Å². The average Bonchev–Trinajstić information content (AvgIpc) is 2.36. The second-order valence-corrected chi connectivity index (χ2v) is 6.07. The maximum atomic E-state index is 3.64. The summed E-state index contributed by atoms with van der Waals surface area (Å²) >= 11 is 1.95. The van der Waals surface area contributed by atoms with Gasteiger partial charge in [-0.25, -0.2) is 0 Å². The van der Waals surface area contributed by atoms with Crippen LogP contribution in [0, 0.1) is 13.8 Å². The summed E-state index contributed by atoms with van der Waals surface area (Å²) in [5.74, 6) is 1.30. The summed E-state index contributed by atoms with van der Waals surface area (Å²) in [7, 11) is 0. The summed E-state index contributed by atoms with van der Waals surface area (Å²) in [5.41, 5.74) is 4.19. The van der Waals surface area contributed by atoms with Gasteiger partial charge in [0.25, 0.3) is 0 Å². The van der Waals surface area contributed by atoms with Gasteiger partial charge in [0.05, 0.1) is 0 Å². The number of thioether (sulfide) groups is 1. The van der Waals surface area contributed by atoms with Crippen LogP contribution in [-0.2, 0) is 0 Å². The number of hydrogen-bond acceptors (Lipinski definition) is 2. The lowest BCUT2D eigenvalue weighted by Gasteiger charge is -2.17. The number of nitrogens with one attached hydrogen (secondary N) is 1. The smallest absolute Gasteiger partial charge is 0.0294 e. The van der Waals surface area contributed by atoms with E-state index in [9.17, 15) is 0 Å². The van der Waals surface area contributed by atoms with Crippen molar-refractivity contribution in [2.24, 2.45) is 0 Å². The number of rotatable bonds is 8. The van der Waals surface area contributed by atoms with Crippen LogP contribution in [0.2, 0.25) is 0 Å². The molecule has 1 atom stereocenters. The Morgan fingerprint density at radius 2 is 1.94 bits per heavy atom. The third-order valence-corrected chi connectivity index (χ3v) is 4.07. The van der Waals surface area contributed by atoms with Crippen LogP contribution in [0.5, 0.6) is 0 Å². The Hall–Kier alpha value is -0.470. The minimum absolute atomic E-state index is 0.463. The van der Waals surface area contributed by atoms with Crippen molar-refractivity contribution >= 4 is 11.8 Å². The van der Waals surface area contributed by atoms with Crippen LogP contribution in [0.15, 0.2) is 18.2 Å². The van der Waals surface area contributed by atoms with E-state index in [1.807, 2.05) is 11.8 Å². The molecule has 0 radical (unpaired) electrons. The van der Waals surface area contributed by atoms with Crippen LogP contribution < -0.4 is 5.32 Å². The second-order valence-electron chi connectivity index (χ2n) is 5.09. The van der Waals surface area contributed by atoms with Gasteiger partial charge < -0.3 is 5.32 Å². The minimum Gasteiger partial charge on any atom is -0.310 e. The third-order valence-electron chi connectivity index (χ3n) is 3.38. The van der Waals surface area contributed by atoms with E-state index < -0.39 is 0 Å². The zero-order chi connectivity index (χ0) is 13.4. The quantitative estimate of drug-likeness (QED) is 0.695. The van der Waals surface area contributed by atoms with Gasteiger partial charge in [0.15, 0.2) is 0 Å². The van der Waals surface area contributed by atoms with Gasteiger partial charge in [-0.1, -0.05) is 30.2 Å². The van der Waals surface area contributed by atoms with Gasteiger partial charge in [0, 0.05) is 6.04 Å². The molecule has 0 aliphatic carbocycles. The van der Waals surface area contributed by atoms with Gasteiger partial charge in [-0.05, 0) is 63.3 Å². The molecule has 0 aromatic heterocycles. The Morgan fingerprint density at radius 1 is 1.17 bits per heavy atom. The molecule has 0 fully saturated rings. The number of unbranched alkanes of at least 4 members (excludes halogenated alkanes) is 2. The van der Waals surface area contributed by atoms with Crippen LogP contribution in [0.25, 0.3) is 0 Å². The first-order valence-corrected chi connectivity index (χ1v) is 8.34. The zero-order valence-electron chi connectivity index (χ0n) is 12.3. The molecule has 0 aliphatic rings. The van der Waals surface area contributed by atoms with Gasteiger partial charge in [-0.15, -0.1) is 0 Å². The molecule has 18 heavy (non-hydrogen) atoms. The lowest BCUT2D eigenvalue weighted by atomic mass is 10.00. The van der Waals surface area contributed by atoms with Crippen molar-refractivity contribution in [3.63, 3.8) is 0 Å². The summed E-state index contributed by atoms with van der Waals surface area (Å²) in [4.78, 5) is 0. The van der Waals surface area contributed by atoms with E-state index in [0.29, 0.717) is 6.04 Å². The lowest BCUT2D eigenvalue weighted by Crippen LogP contribution is -2.20. The summed E-state index contributed by atoms with van der Waals surface area (Å²) in [6.07, 6.45) is 6.16. The summed E-state index contributed by atoms with van der Waals surface area (Å²) in [5, 5.41) is 3.64. The fourth-order valence-electron chi connectivity index (χ4n) is 2.20. The Balaban J connectivity index is 2.31. The molecule has 1 aromatic carbocycles. The Kier molecular flexibility index (Phi) is 7.45. The van der Waals surface area contributed by atoms with Crippen molar-refractivity contribution in [2.75, 3.05) is 18.6 Å². The zero-order valence-corrected chi connectivity index (χ0v) is 13.1. The molecular weight excluding hydrogens is 238 g/mol.